The van der Waals surface area contributed by atoms with E-state index in [0.29, 0.717) is 17.2 Å². The molecule has 0 aliphatic heterocycles. The molecule has 7 heteroatoms. The summed E-state index contributed by atoms with van der Waals surface area (Å²) in [5.74, 6) is 1.24. The van der Waals surface area contributed by atoms with E-state index in [0.717, 1.165) is 0 Å². The second-order valence-electron chi connectivity index (χ2n) is 3.62. The molecule has 2 aromatic heterocycles. The van der Waals surface area contributed by atoms with E-state index in [4.69, 9.17) is 0 Å². The van der Waals surface area contributed by atoms with Gasteiger partial charge in [0, 0.05) is 41.2 Å². The minimum atomic E-state index is -0.827. The molecule has 2 atom stereocenters. The number of rotatable bonds is 4. The van der Waals surface area contributed by atoms with E-state index < -0.39 is 10.8 Å². The van der Waals surface area contributed by atoms with Crippen LogP contribution in [0.5, 0.6) is 0 Å². The van der Waals surface area contributed by atoms with Gasteiger partial charge in [-0.25, -0.2) is 4.98 Å². The van der Waals surface area contributed by atoms with Gasteiger partial charge < -0.3 is 5.32 Å². The van der Waals surface area contributed by atoms with E-state index in [2.05, 4.69) is 20.5 Å². The molecule has 2 unspecified atom stereocenters. The second kappa shape index (κ2) is 4.56. The maximum absolute atomic E-state index is 11.1. The number of nitrogens with one attached hydrogen (secondary N) is 1. The summed E-state index contributed by atoms with van der Waals surface area (Å²) in [6.45, 7) is 1.96. The summed E-state index contributed by atoms with van der Waals surface area (Å²) >= 11 is 0. The Kier molecular flexibility index (Phi) is 3.14. The topological polar surface area (TPSA) is 72.2 Å². The molecule has 2 aromatic rings. The molecule has 0 radical (unpaired) electrons. The van der Waals surface area contributed by atoms with Crippen molar-refractivity contribution in [3.63, 3.8) is 0 Å². The first-order valence-corrected chi connectivity index (χ1v) is 6.60. The van der Waals surface area contributed by atoms with Gasteiger partial charge in [0.25, 0.3) is 0 Å². The van der Waals surface area contributed by atoms with E-state index in [-0.39, 0.29) is 6.04 Å². The highest BCUT2D eigenvalue weighted by Crippen LogP contribution is 2.10. The minimum absolute atomic E-state index is 0.0845. The zero-order valence-electron chi connectivity index (χ0n) is 9.12. The van der Waals surface area contributed by atoms with Crippen LogP contribution >= 0.6 is 0 Å². The molecule has 0 aliphatic carbocycles. The molecule has 6 nitrogen and oxygen atoms in total. The van der Waals surface area contributed by atoms with Crippen molar-refractivity contribution in [1.29, 1.82) is 0 Å². The molecular weight excluding hydrogens is 226 g/mol. The first kappa shape index (κ1) is 11.0. The minimum Gasteiger partial charge on any atom is -0.364 e. The average molecular weight is 239 g/mol. The van der Waals surface area contributed by atoms with Crippen molar-refractivity contribution >= 4 is 22.3 Å². The lowest BCUT2D eigenvalue weighted by Crippen LogP contribution is -2.23. The Morgan fingerprint density at radius 1 is 1.62 bits per heavy atom. The number of fused-ring (bicyclic) bond motifs is 1. The molecule has 0 aliphatic rings. The van der Waals surface area contributed by atoms with Crippen LogP contribution in [0, 0.1) is 0 Å². The summed E-state index contributed by atoms with van der Waals surface area (Å²) in [5.41, 5.74) is 0.677. The molecule has 16 heavy (non-hydrogen) atoms. The summed E-state index contributed by atoms with van der Waals surface area (Å²) in [4.78, 5) is 4.19. The normalized spacial score (nSPS) is 14.9. The lowest BCUT2D eigenvalue weighted by molar-refractivity contribution is 0.683. The maximum Gasteiger partial charge on any atom is 0.203 e. The van der Waals surface area contributed by atoms with Crippen molar-refractivity contribution in [2.24, 2.45) is 0 Å². The summed E-state index contributed by atoms with van der Waals surface area (Å²) < 4.78 is 12.9. The summed E-state index contributed by atoms with van der Waals surface area (Å²) in [5, 5.41) is 10.9. The Balaban J connectivity index is 2.20. The van der Waals surface area contributed by atoms with Gasteiger partial charge in [-0.2, -0.15) is 0 Å². The molecule has 2 rings (SSSR count). The largest absolute Gasteiger partial charge is 0.364 e. The lowest BCUT2D eigenvalue weighted by Gasteiger charge is -2.12. The number of hydrogen-bond donors (Lipinski definition) is 1. The highest BCUT2D eigenvalue weighted by atomic mass is 32.2. The third kappa shape index (κ3) is 2.35. The van der Waals surface area contributed by atoms with Gasteiger partial charge in [0.05, 0.1) is 0 Å². The van der Waals surface area contributed by atoms with Crippen molar-refractivity contribution in [3.05, 3.63) is 18.7 Å². The van der Waals surface area contributed by atoms with Crippen molar-refractivity contribution in [1.82, 2.24) is 19.6 Å². The molecule has 0 aromatic carbocycles. The van der Waals surface area contributed by atoms with Crippen molar-refractivity contribution in [3.8, 4) is 0 Å². The Labute approximate surface area is 95.6 Å². The van der Waals surface area contributed by atoms with Crippen LogP contribution in [-0.2, 0) is 10.8 Å². The summed E-state index contributed by atoms with van der Waals surface area (Å²) in [6.07, 6.45) is 6.76. The van der Waals surface area contributed by atoms with Gasteiger partial charge in [0.2, 0.25) is 5.65 Å². The molecule has 0 saturated heterocycles. The van der Waals surface area contributed by atoms with E-state index in [1.54, 1.807) is 29.4 Å². The van der Waals surface area contributed by atoms with Gasteiger partial charge in [0.15, 0.2) is 5.82 Å². The Morgan fingerprint density at radius 3 is 3.19 bits per heavy atom. The van der Waals surface area contributed by atoms with Crippen molar-refractivity contribution < 1.29 is 4.21 Å². The standard InChI is InChI=1S/C9H13N5OS/c1-7(5-16(2)15)12-8-9-13-11-6-14(9)4-3-10-8/h3-4,6-7H,5H2,1-2H3,(H,10,12). The molecule has 0 fully saturated rings. The van der Waals surface area contributed by atoms with Gasteiger partial charge in [0.1, 0.15) is 6.33 Å². The molecular formula is C9H13N5OS. The third-order valence-corrected chi connectivity index (χ3v) is 3.05. The average Bonchev–Trinajstić information content (AvgIpc) is 2.65. The van der Waals surface area contributed by atoms with E-state index in [1.165, 1.54) is 0 Å². The molecule has 0 spiro atoms. The van der Waals surface area contributed by atoms with Gasteiger partial charge in [-0.3, -0.25) is 8.61 Å². The van der Waals surface area contributed by atoms with Crippen LogP contribution in [-0.4, -0.2) is 41.8 Å². The smallest absolute Gasteiger partial charge is 0.203 e. The van der Waals surface area contributed by atoms with Crippen molar-refractivity contribution in [2.45, 2.75) is 13.0 Å². The fraction of sp³-hybridized carbons (Fsp3) is 0.444. The molecule has 0 saturated carbocycles. The first-order chi connectivity index (χ1) is 7.66. The van der Waals surface area contributed by atoms with Crippen LogP contribution in [0.2, 0.25) is 0 Å². The maximum atomic E-state index is 11.1. The van der Waals surface area contributed by atoms with Gasteiger partial charge >= 0.3 is 0 Å². The molecule has 2 heterocycles. The number of aromatic nitrogens is 4. The Hall–Kier alpha value is -1.50. The van der Waals surface area contributed by atoms with E-state index in [1.807, 2.05) is 6.92 Å². The third-order valence-electron chi connectivity index (χ3n) is 2.08. The van der Waals surface area contributed by atoms with Crippen LogP contribution in [0.15, 0.2) is 18.7 Å². The predicted molar refractivity (Wildman–Crippen MR) is 62.8 cm³/mol. The zero-order chi connectivity index (χ0) is 11.5. The Morgan fingerprint density at radius 2 is 2.44 bits per heavy atom. The van der Waals surface area contributed by atoms with Crippen LogP contribution in [0.1, 0.15) is 6.92 Å². The quantitative estimate of drug-likeness (QED) is 0.831. The van der Waals surface area contributed by atoms with Crippen molar-refractivity contribution in [2.75, 3.05) is 17.3 Å². The number of hydrogen-bond acceptors (Lipinski definition) is 5. The SMILES string of the molecule is CC(CS(C)=O)Nc1nccn2cnnc12. The van der Waals surface area contributed by atoms with Gasteiger partial charge in [-0.15, -0.1) is 10.2 Å². The van der Waals surface area contributed by atoms with E-state index in [9.17, 15) is 4.21 Å². The number of nitrogens with zero attached hydrogens (tertiary/aromatic N) is 4. The Bertz CT molecular complexity index is 511. The van der Waals surface area contributed by atoms with Crippen LogP contribution < -0.4 is 5.32 Å². The second-order valence-corrected chi connectivity index (χ2v) is 5.10. The molecule has 0 amide bonds. The highest BCUT2D eigenvalue weighted by Gasteiger charge is 2.09. The monoisotopic (exact) mass is 239 g/mol. The number of anilines is 1. The van der Waals surface area contributed by atoms with Gasteiger partial charge in [-0.1, -0.05) is 0 Å². The predicted octanol–water partition coefficient (Wildman–Crippen LogP) is 0.303. The summed E-state index contributed by atoms with van der Waals surface area (Å²) in [6, 6.07) is 0.0845. The highest BCUT2D eigenvalue weighted by molar-refractivity contribution is 7.84. The molecule has 1 N–H and O–H groups in total. The van der Waals surface area contributed by atoms with Gasteiger partial charge in [-0.05, 0) is 6.92 Å². The van der Waals surface area contributed by atoms with E-state index >= 15 is 0 Å². The zero-order valence-corrected chi connectivity index (χ0v) is 9.94. The fourth-order valence-corrected chi connectivity index (χ4v) is 2.28. The fourth-order valence-electron chi connectivity index (χ4n) is 1.49. The lowest BCUT2D eigenvalue weighted by atomic mass is 10.4. The molecule has 86 valence electrons. The summed E-state index contributed by atoms with van der Waals surface area (Å²) in [7, 11) is -0.827. The van der Waals surface area contributed by atoms with Crippen LogP contribution in [0.25, 0.3) is 5.65 Å². The van der Waals surface area contributed by atoms with Crippen LogP contribution in [0.3, 0.4) is 0 Å². The first-order valence-electron chi connectivity index (χ1n) is 4.87. The van der Waals surface area contributed by atoms with Crippen LogP contribution in [0.4, 0.5) is 5.82 Å². The molecule has 0 bridgehead atoms.